The van der Waals surface area contributed by atoms with E-state index in [4.69, 9.17) is 9.15 Å². The van der Waals surface area contributed by atoms with Gasteiger partial charge < -0.3 is 14.5 Å². The van der Waals surface area contributed by atoms with E-state index in [-0.39, 0.29) is 0 Å². The molecule has 1 fully saturated rings. The molecule has 3 rings (SSSR count). The van der Waals surface area contributed by atoms with Gasteiger partial charge in [-0.2, -0.15) is 0 Å². The zero-order chi connectivity index (χ0) is 14.7. The Bertz CT molecular complexity index is 590. The van der Waals surface area contributed by atoms with E-state index in [0.29, 0.717) is 12.5 Å². The number of rotatable bonds is 7. The van der Waals surface area contributed by atoms with Crippen molar-refractivity contribution in [2.24, 2.45) is 5.92 Å². The van der Waals surface area contributed by atoms with E-state index in [2.05, 4.69) is 36.5 Å². The highest BCUT2D eigenvalue weighted by Crippen LogP contribution is 2.47. The lowest BCUT2D eigenvalue weighted by Crippen LogP contribution is -2.12. The summed E-state index contributed by atoms with van der Waals surface area (Å²) in [5, 5.41) is 3.42. The Morgan fingerprint density at radius 3 is 2.86 bits per heavy atom. The molecule has 0 amide bonds. The first-order valence-corrected chi connectivity index (χ1v) is 7.77. The second-order valence-corrected chi connectivity index (χ2v) is 5.81. The summed E-state index contributed by atoms with van der Waals surface area (Å²) in [4.78, 5) is 0. The number of benzene rings is 1. The molecule has 1 aromatic heterocycles. The fourth-order valence-corrected chi connectivity index (χ4v) is 2.65. The Labute approximate surface area is 126 Å². The molecule has 0 unspecified atom stereocenters. The van der Waals surface area contributed by atoms with E-state index in [0.717, 1.165) is 36.3 Å². The third-order valence-electron chi connectivity index (χ3n) is 4.00. The van der Waals surface area contributed by atoms with Crippen molar-refractivity contribution in [3.63, 3.8) is 0 Å². The molecule has 2 aromatic rings. The van der Waals surface area contributed by atoms with Crippen molar-refractivity contribution in [3.05, 3.63) is 53.5 Å². The SMILES string of the molecule is CCOc1cccc(CNCc2ccc([C@H]3C[C@H]3C)o2)c1. The summed E-state index contributed by atoms with van der Waals surface area (Å²) in [6.45, 7) is 6.55. The molecule has 0 bridgehead atoms. The highest BCUT2D eigenvalue weighted by Gasteiger charge is 2.36. The molecule has 0 aliphatic heterocycles. The summed E-state index contributed by atoms with van der Waals surface area (Å²) in [5.74, 6) is 4.54. The summed E-state index contributed by atoms with van der Waals surface area (Å²) < 4.78 is 11.4. The molecule has 3 heteroatoms. The topological polar surface area (TPSA) is 34.4 Å². The minimum Gasteiger partial charge on any atom is -0.494 e. The van der Waals surface area contributed by atoms with E-state index in [9.17, 15) is 0 Å². The van der Waals surface area contributed by atoms with Crippen LogP contribution in [0.1, 0.15) is 43.3 Å². The standard InChI is InChI=1S/C18H23NO2/c1-3-20-15-6-4-5-14(10-15)11-19-12-16-7-8-18(21-16)17-9-13(17)2/h4-8,10,13,17,19H,3,9,11-12H2,1-2H3/t13-,17+/m1/s1. The predicted molar refractivity (Wildman–Crippen MR) is 83.4 cm³/mol. The van der Waals surface area contributed by atoms with Gasteiger partial charge in [0, 0.05) is 12.5 Å². The Morgan fingerprint density at radius 1 is 1.24 bits per heavy atom. The van der Waals surface area contributed by atoms with Crippen molar-refractivity contribution >= 4 is 0 Å². The smallest absolute Gasteiger partial charge is 0.119 e. The van der Waals surface area contributed by atoms with Crippen molar-refractivity contribution < 1.29 is 9.15 Å². The number of hydrogen-bond acceptors (Lipinski definition) is 3. The Kier molecular flexibility index (Phi) is 4.30. The van der Waals surface area contributed by atoms with Crippen molar-refractivity contribution in [2.75, 3.05) is 6.61 Å². The summed E-state index contributed by atoms with van der Waals surface area (Å²) in [7, 11) is 0. The molecule has 1 N–H and O–H groups in total. The van der Waals surface area contributed by atoms with Crippen molar-refractivity contribution in [1.29, 1.82) is 0 Å². The van der Waals surface area contributed by atoms with Gasteiger partial charge >= 0.3 is 0 Å². The molecule has 0 spiro atoms. The first kappa shape index (κ1) is 14.2. The van der Waals surface area contributed by atoms with E-state index >= 15 is 0 Å². The van der Waals surface area contributed by atoms with Crippen LogP contribution in [0.4, 0.5) is 0 Å². The van der Waals surface area contributed by atoms with Crippen molar-refractivity contribution in [1.82, 2.24) is 5.32 Å². The van der Waals surface area contributed by atoms with Gasteiger partial charge in [-0.05, 0) is 49.1 Å². The van der Waals surface area contributed by atoms with Gasteiger partial charge in [-0.15, -0.1) is 0 Å². The van der Waals surface area contributed by atoms with Gasteiger partial charge in [0.1, 0.15) is 17.3 Å². The molecule has 0 saturated heterocycles. The fourth-order valence-electron chi connectivity index (χ4n) is 2.65. The molecular formula is C18H23NO2. The molecule has 2 atom stereocenters. The molecular weight excluding hydrogens is 262 g/mol. The zero-order valence-corrected chi connectivity index (χ0v) is 12.8. The van der Waals surface area contributed by atoms with Gasteiger partial charge in [-0.1, -0.05) is 19.1 Å². The van der Waals surface area contributed by atoms with Gasteiger partial charge in [-0.3, -0.25) is 0 Å². The number of furan rings is 1. The molecule has 1 saturated carbocycles. The summed E-state index contributed by atoms with van der Waals surface area (Å²) >= 11 is 0. The number of nitrogens with one attached hydrogen (secondary N) is 1. The average Bonchev–Trinajstić information content (AvgIpc) is 3.02. The van der Waals surface area contributed by atoms with E-state index < -0.39 is 0 Å². The minimum absolute atomic E-state index is 0.654. The van der Waals surface area contributed by atoms with Crippen LogP contribution < -0.4 is 10.1 Å². The number of hydrogen-bond donors (Lipinski definition) is 1. The highest BCUT2D eigenvalue weighted by atomic mass is 16.5. The maximum atomic E-state index is 5.89. The monoisotopic (exact) mass is 285 g/mol. The van der Waals surface area contributed by atoms with Gasteiger partial charge in [0.25, 0.3) is 0 Å². The van der Waals surface area contributed by atoms with Crippen LogP contribution in [0.25, 0.3) is 0 Å². The second kappa shape index (κ2) is 6.35. The Morgan fingerprint density at radius 2 is 2.10 bits per heavy atom. The normalized spacial score (nSPS) is 20.5. The minimum atomic E-state index is 0.654. The third-order valence-corrected chi connectivity index (χ3v) is 4.00. The van der Waals surface area contributed by atoms with Crippen LogP contribution in [0.2, 0.25) is 0 Å². The average molecular weight is 285 g/mol. The molecule has 1 aromatic carbocycles. The molecule has 1 aliphatic carbocycles. The molecule has 112 valence electrons. The molecule has 3 nitrogen and oxygen atoms in total. The van der Waals surface area contributed by atoms with Crippen LogP contribution in [0.3, 0.4) is 0 Å². The lowest BCUT2D eigenvalue weighted by atomic mass is 10.2. The van der Waals surface area contributed by atoms with Crippen LogP contribution >= 0.6 is 0 Å². The van der Waals surface area contributed by atoms with Gasteiger partial charge in [0.05, 0.1) is 13.2 Å². The summed E-state index contributed by atoms with van der Waals surface area (Å²) in [5.41, 5.74) is 1.23. The summed E-state index contributed by atoms with van der Waals surface area (Å²) in [6, 6.07) is 12.4. The van der Waals surface area contributed by atoms with Crippen LogP contribution in [0.5, 0.6) is 5.75 Å². The second-order valence-electron chi connectivity index (χ2n) is 5.81. The van der Waals surface area contributed by atoms with Crippen LogP contribution in [-0.4, -0.2) is 6.61 Å². The lowest BCUT2D eigenvalue weighted by molar-refractivity contribution is 0.340. The van der Waals surface area contributed by atoms with Crippen LogP contribution in [0, 0.1) is 5.92 Å². The van der Waals surface area contributed by atoms with Crippen molar-refractivity contribution in [3.8, 4) is 5.75 Å². The third kappa shape index (κ3) is 3.67. The largest absolute Gasteiger partial charge is 0.494 e. The fraction of sp³-hybridized carbons (Fsp3) is 0.444. The zero-order valence-electron chi connectivity index (χ0n) is 12.8. The number of ether oxygens (including phenoxy) is 1. The van der Waals surface area contributed by atoms with Crippen LogP contribution in [-0.2, 0) is 13.1 Å². The van der Waals surface area contributed by atoms with Gasteiger partial charge in [0.2, 0.25) is 0 Å². The molecule has 0 radical (unpaired) electrons. The lowest BCUT2D eigenvalue weighted by Gasteiger charge is -2.06. The van der Waals surface area contributed by atoms with E-state index in [1.807, 2.05) is 19.1 Å². The predicted octanol–water partition coefficient (Wildman–Crippen LogP) is 4.09. The van der Waals surface area contributed by atoms with E-state index in [1.54, 1.807) is 0 Å². The molecule has 21 heavy (non-hydrogen) atoms. The highest BCUT2D eigenvalue weighted by molar-refractivity contribution is 5.28. The molecule has 1 aliphatic rings. The van der Waals surface area contributed by atoms with Crippen LogP contribution in [0.15, 0.2) is 40.8 Å². The van der Waals surface area contributed by atoms with Gasteiger partial charge in [-0.25, -0.2) is 0 Å². The van der Waals surface area contributed by atoms with Gasteiger partial charge in [0.15, 0.2) is 0 Å². The maximum Gasteiger partial charge on any atom is 0.119 e. The quantitative estimate of drug-likeness (QED) is 0.832. The Balaban J connectivity index is 1.49. The van der Waals surface area contributed by atoms with Crippen molar-refractivity contribution in [2.45, 2.75) is 39.3 Å². The first-order valence-electron chi connectivity index (χ1n) is 7.77. The Hall–Kier alpha value is -1.74. The maximum absolute atomic E-state index is 5.89. The molecule has 1 heterocycles. The van der Waals surface area contributed by atoms with E-state index in [1.165, 1.54) is 12.0 Å². The summed E-state index contributed by atoms with van der Waals surface area (Å²) in [6.07, 6.45) is 1.27. The first-order chi connectivity index (χ1) is 10.3.